The number of benzene rings is 2. The van der Waals surface area contributed by atoms with Crippen molar-refractivity contribution < 1.29 is 49.0 Å². The molecular weight excluding hydrogens is 583 g/mol. The van der Waals surface area contributed by atoms with Crippen LogP contribution in [0.15, 0.2) is 48.5 Å². The Bertz CT molecular complexity index is 1060. The molecule has 3 aliphatic carbocycles. The zero-order valence-electron chi connectivity index (χ0n) is 23.8. The summed E-state index contributed by atoms with van der Waals surface area (Å²) in [7, 11) is 0. The predicted molar refractivity (Wildman–Crippen MR) is 153 cm³/mol. The Morgan fingerprint density at radius 1 is 0.763 bits per heavy atom. The van der Waals surface area contributed by atoms with Crippen molar-refractivity contribution in [2.24, 2.45) is 0 Å². The van der Waals surface area contributed by atoms with Crippen LogP contribution in [0.25, 0.3) is 11.1 Å². The van der Waals surface area contributed by atoms with Crippen molar-refractivity contribution in [1.82, 2.24) is 0 Å². The molecule has 0 spiro atoms. The predicted octanol–water partition coefficient (Wildman–Crippen LogP) is 3.93. The first-order valence-electron chi connectivity index (χ1n) is 14.3. The zero-order chi connectivity index (χ0) is 25.5. The maximum absolute atomic E-state index is 3.84. The molecule has 2 fully saturated rings. The molecule has 204 valence electrons. The molecule has 0 unspecified atom stereocenters. The van der Waals surface area contributed by atoms with Crippen LogP contribution in [0.1, 0.15) is 123 Å². The van der Waals surface area contributed by atoms with Gasteiger partial charge in [0, 0.05) is 0 Å². The van der Waals surface area contributed by atoms with E-state index in [0.29, 0.717) is 0 Å². The van der Waals surface area contributed by atoms with E-state index in [4.69, 9.17) is 0 Å². The molecule has 3 heteroatoms. The molecule has 3 aromatic carbocycles. The van der Waals surface area contributed by atoms with E-state index in [0.717, 1.165) is 18.3 Å². The van der Waals surface area contributed by atoms with Crippen molar-refractivity contribution in [3.05, 3.63) is 88.0 Å². The zero-order valence-corrected chi connectivity index (χ0v) is 27.8. The first-order chi connectivity index (χ1) is 17.4. The smallest absolute Gasteiger partial charge is 0.0162 e. The van der Waals surface area contributed by atoms with Crippen LogP contribution in [0.5, 0.6) is 0 Å². The summed E-state index contributed by atoms with van der Waals surface area (Å²) >= 11 is 1.55. The third-order valence-electron chi connectivity index (χ3n) is 8.27. The van der Waals surface area contributed by atoms with Gasteiger partial charge in [0.25, 0.3) is 0 Å². The van der Waals surface area contributed by atoms with E-state index in [2.05, 4.69) is 82.3 Å². The molecule has 3 aromatic rings. The largest absolute Gasteiger partial charge is 1.00 e. The van der Waals surface area contributed by atoms with E-state index in [-0.39, 0.29) is 24.8 Å². The van der Waals surface area contributed by atoms with Gasteiger partial charge in [-0.3, -0.25) is 0 Å². The second-order valence-electron chi connectivity index (χ2n) is 11.5. The summed E-state index contributed by atoms with van der Waals surface area (Å²) in [6.45, 7) is 8.49. The number of halogens is 2. The molecule has 0 radical (unpaired) electrons. The summed E-state index contributed by atoms with van der Waals surface area (Å²) in [4.78, 5) is 0. The van der Waals surface area contributed by atoms with Crippen LogP contribution < -0.4 is 24.8 Å². The molecule has 0 saturated heterocycles. The Morgan fingerprint density at radius 2 is 1.29 bits per heavy atom. The van der Waals surface area contributed by atoms with Crippen molar-refractivity contribution >= 4 is 3.21 Å². The van der Waals surface area contributed by atoms with Crippen LogP contribution in [0, 0.1) is 19.9 Å². The van der Waals surface area contributed by atoms with Crippen molar-refractivity contribution in [3.8, 4) is 11.1 Å². The molecule has 0 amide bonds. The van der Waals surface area contributed by atoms with Gasteiger partial charge in [-0.05, 0) is 55.1 Å². The molecule has 0 aromatic heterocycles. The fraction of sp³-hybridized carbons (Fsp3) is 0.486. The normalized spacial score (nSPS) is 16.4. The van der Waals surface area contributed by atoms with Crippen molar-refractivity contribution in [2.75, 3.05) is 0 Å². The van der Waals surface area contributed by atoms with Crippen molar-refractivity contribution in [3.63, 3.8) is 0 Å². The Kier molecular flexibility index (Phi) is 14.4. The summed E-state index contributed by atoms with van der Waals surface area (Å²) in [5.41, 5.74) is 11.8. The first kappa shape index (κ1) is 33.3. The Morgan fingerprint density at radius 3 is 1.82 bits per heavy atom. The molecular formula is C35H44Cl2Zr-2. The minimum Gasteiger partial charge on any atom is -1.00 e. The van der Waals surface area contributed by atoms with Gasteiger partial charge < -0.3 is 24.8 Å². The monoisotopic (exact) mass is 624 g/mol. The van der Waals surface area contributed by atoms with Crippen LogP contribution in [0.2, 0.25) is 0 Å². The summed E-state index contributed by atoms with van der Waals surface area (Å²) in [6.07, 6.45) is 15.1. The number of hydrogen-bond acceptors (Lipinski definition) is 0. The third-order valence-corrected chi connectivity index (χ3v) is 8.27. The van der Waals surface area contributed by atoms with E-state index in [1.807, 2.05) is 0 Å². The van der Waals surface area contributed by atoms with E-state index in [9.17, 15) is 0 Å². The molecule has 0 atom stereocenters. The fourth-order valence-corrected chi connectivity index (χ4v) is 6.10. The van der Waals surface area contributed by atoms with Crippen molar-refractivity contribution in [2.45, 2.75) is 110 Å². The number of hydrogen-bond donors (Lipinski definition) is 0. The van der Waals surface area contributed by atoms with Gasteiger partial charge in [0.15, 0.2) is 0 Å². The van der Waals surface area contributed by atoms with Gasteiger partial charge in [0.2, 0.25) is 0 Å². The van der Waals surface area contributed by atoms with Crippen LogP contribution in [-0.4, -0.2) is 3.21 Å². The SMILES string of the molecule is C[C](C)=[Zr+2].Cc1c[cH-]cc1C.[Cl-].[Cl-].[c-]1c(C2CCCCC2)ccc2c1Cc1cc(C3CCCCC3)ccc1-2. The molecule has 6 rings (SSSR count). The van der Waals surface area contributed by atoms with E-state index in [1.165, 1.54) is 101 Å². The van der Waals surface area contributed by atoms with Gasteiger partial charge in [0.1, 0.15) is 0 Å². The molecule has 0 heterocycles. The first-order valence-corrected chi connectivity index (χ1v) is 15.5. The maximum Gasteiger partial charge on any atom is -0.0162 e. The minimum absolute atomic E-state index is 0. The fourth-order valence-electron chi connectivity index (χ4n) is 6.10. The number of rotatable bonds is 2. The molecule has 2 saturated carbocycles. The molecule has 3 aliphatic rings. The van der Waals surface area contributed by atoms with Crippen LogP contribution >= 0.6 is 0 Å². The maximum atomic E-state index is 3.84. The van der Waals surface area contributed by atoms with E-state index >= 15 is 0 Å². The van der Waals surface area contributed by atoms with Crippen LogP contribution in [0.3, 0.4) is 0 Å². The Hall–Kier alpha value is -0.877. The topological polar surface area (TPSA) is 0 Å². The van der Waals surface area contributed by atoms with E-state index in [1.54, 1.807) is 35.4 Å². The van der Waals surface area contributed by atoms with Gasteiger partial charge in [-0.1, -0.05) is 76.1 Å². The molecule has 38 heavy (non-hydrogen) atoms. The molecule has 0 nitrogen and oxygen atoms in total. The standard InChI is InChI=1S/C25H29.C7H9.C3H6.2ClH.Zr/c1-3-7-18(8-4-1)20-11-13-24-22(15-20)17-23-16-21(12-14-25(23)24)19-9-5-2-6-10-19;1-6-4-3-5-7(6)2;1-3-2;;;/h11-15,18-19H,1-10,17H2;3-5H,1-2H3;1-2H3;2*1H;/q2*-1;;;;+2/p-2. The molecule has 0 aliphatic heterocycles. The van der Waals surface area contributed by atoms with E-state index < -0.39 is 0 Å². The van der Waals surface area contributed by atoms with Gasteiger partial charge >= 0.3 is 41.3 Å². The Balaban J connectivity index is 0.000000331. The van der Waals surface area contributed by atoms with Crippen LogP contribution in [0.4, 0.5) is 0 Å². The quantitative estimate of drug-likeness (QED) is 0.296. The number of fused-ring (bicyclic) bond motifs is 3. The average molecular weight is 627 g/mol. The summed E-state index contributed by atoms with van der Waals surface area (Å²) < 4.78 is 1.51. The molecule has 0 N–H and O–H groups in total. The van der Waals surface area contributed by atoms with Gasteiger partial charge in [-0.15, -0.1) is 11.1 Å². The van der Waals surface area contributed by atoms with Gasteiger partial charge in [-0.2, -0.15) is 53.1 Å². The number of aryl methyl sites for hydroxylation is 2. The van der Waals surface area contributed by atoms with Crippen LogP contribution in [-0.2, 0) is 30.7 Å². The third kappa shape index (κ3) is 9.08. The Labute approximate surface area is 259 Å². The van der Waals surface area contributed by atoms with Gasteiger partial charge in [0.05, 0.1) is 0 Å². The second-order valence-corrected chi connectivity index (χ2v) is 13.9. The average Bonchev–Trinajstić information content (AvgIpc) is 3.45. The second kappa shape index (κ2) is 16.4. The molecule has 0 bridgehead atoms. The minimum atomic E-state index is 0. The summed E-state index contributed by atoms with van der Waals surface area (Å²) in [6, 6.07) is 22.3. The van der Waals surface area contributed by atoms with Crippen molar-refractivity contribution in [1.29, 1.82) is 0 Å². The summed E-state index contributed by atoms with van der Waals surface area (Å²) in [5.74, 6) is 1.57. The summed E-state index contributed by atoms with van der Waals surface area (Å²) in [5, 5.41) is 0. The van der Waals surface area contributed by atoms with Gasteiger partial charge in [-0.25, -0.2) is 0 Å².